The Morgan fingerprint density at radius 2 is 1.76 bits per heavy atom. The number of carbonyl (C=O) groups excluding carboxylic acids is 1. The number of urea groups is 1. The summed E-state index contributed by atoms with van der Waals surface area (Å²) in [5.74, 6) is -0.910. The summed E-state index contributed by atoms with van der Waals surface area (Å²) in [6.45, 7) is 0. The van der Waals surface area contributed by atoms with Crippen molar-refractivity contribution in [2.24, 2.45) is 5.41 Å². The highest BCUT2D eigenvalue weighted by molar-refractivity contribution is 5.83. The molecule has 0 heterocycles. The summed E-state index contributed by atoms with van der Waals surface area (Å²) in [6, 6.07) is 5.91. The lowest BCUT2D eigenvalue weighted by Crippen LogP contribution is -2.78. The van der Waals surface area contributed by atoms with E-state index in [9.17, 15) is 22.8 Å². The lowest BCUT2D eigenvalue weighted by molar-refractivity contribution is -0.196. The van der Waals surface area contributed by atoms with Crippen LogP contribution in [0.3, 0.4) is 0 Å². The molecule has 3 aliphatic carbocycles. The van der Waals surface area contributed by atoms with Gasteiger partial charge in [-0.1, -0.05) is 30.3 Å². The van der Waals surface area contributed by atoms with Crippen molar-refractivity contribution in [1.82, 2.24) is 10.6 Å². The van der Waals surface area contributed by atoms with Gasteiger partial charge in [-0.3, -0.25) is 4.79 Å². The van der Waals surface area contributed by atoms with Crippen molar-refractivity contribution in [3.63, 3.8) is 0 Å². The molecular formula is C17H19F3N2O3. The molecule has 0 aromatic heterocycles. The fraction of sp³-hybridized carbons (Fsp3) is 0.529. The number of halogens is 3. The molecule has 1 aromatic carbocycles. The maximum atomic E-state index is 13.2. The van der Waals surface area contributed by atoms with Crippen molar-refractivity contribution < 1.29 is 27.9 Å². The maximum absolute atomic E-state index is 13.2. The Labute approximate surface area is 142 Å². The lowest BCUT2D eigenvalue weighted by Gasteiger charge is -2.67. The first kappa shape index (κ1) is 17.6. The number of aryl methyl sites for hydroxylation is 1. The van der Waals surface area contributed by atoms with Gasteiger partial charge in [-0.25, -0.2) is 4.79 Å². The second kappa shape index (κ2) is 5.93. The van der Waals surface area contributed by atoms with Crippen LogP contribution in [-0.4, -0.2) is 34.9 Å². The molecule has 2 amide bonds. The molecule has 1 atom stereocenters. The van der Waals surface area contributed by atoms with Crippen molar-refractivity contribution in [3.8, 4) is 0 Å². The molecule has 2 bridgehead atoms. The number of hydrogen-bond acceptors (Lipinski definition) is 2. The molecule has 136 valence electrons. The third-order valence-corrected chi connectivity index (χ3v) is 5.13. The Bertz CT molecular complexity index is 656. The monoisotopic (exact) mass is 356 g/mol. The average molecular weight is 356 g/mol. The van der Waals surface area contributed by atoms with Gasteiger partial charge in [-0.15, -0.1) is 0 Å². The van der Waals surface area contributed by atoms with Crippen LogP contribution < -0.4 is 10.6 Å². The number of carboxylic acid groups (broad SMARTS) is 1. The first-order chi connectivity index (χ1) is 11.6. The van der Waals surface area contributed by atoms with Crippen LogP contribution in [-0.2, 0) is 11.2 Å². The molecule has 25 heavy (non-hydrogen) atoms. The van der Waals surface area contributed by atoms with E-state index in [1.807, 2.05) is 5.32 Å². The van der Waals surface area contributed by atoms with Crippen LogP contribution in [0, 0.1) is 5.41 Å². The molecule has 4 rings (SSSR count). The maximum Gasteiger partial charge on any atom is 0.408 e. The topological polar surface area (TPSA) is 78.4 Å². The first-order valence-corrected chi connectivity index (χ1v) is 8.07. The standard InChI is InChI=1S/C17H19F3N2O3/c18-17(19,20)12(7-6-11-4-2-1-3-5-11)21-14(25)22-16-8-15(9-16,10-16)13(23)24/h1-5,12H,6-10H2,(H,23,24)(H2,21,22,25). The minimum atomic E-state index is -4.55. The number of benzene rings is 1. The van der Waals surface area contributed by atoms with E-state index in [2.05, 4.69) is 5.32 Å². The Morgan fingerprint density at radius 3 is 2.28 bits per heavy atom. The SMILES string of the molecule is O=C(NC(CCc1ccccc1)C(F)(F)F)NC12CC(C(=O)O)(C1)C2. The van der Waals surface area contributed by atoms with E-state index in [1.165, 1.54) is 0 Å². The summed E-state index contributed by atoms with van der Waals surface area (Å²) < 4.78 is 39.5. The smallest absolute Gasteiger partial charge is 0.408 e. The minimum absolute atomic E-state index is 0.193. The van der Waals surface area contributed by atoms with Crippen LogP contribution in [0.4, 0.5) is 18.0 Å². The van der Waals surface area contributed by atoms with Crippen LogP contribution >= 0.6 is 0 Å². The normalized spacial score (nSPS) is 28.3. The number of hydrogen-bond donors (Lipinski definition) is 3. The molecule has 0 radical (unpaired) electrons. The number of carboxylic acids is 1. The Kier molecular flexibility index (Phi) is 4.17. The molecule has 8 heteroatoms. The summed E-state index contributed by atoms with van der Waals surface area (Å²) in [5.41, 5.74) is -0.677. The molecule has 1 aromatic rings. The van der Waals surface area contributed by atoms with Gasteiger partial charge < -0.3 is 15.7 Å². The minimum Gasteiger partial charge on any atom is -0.481 e. The average Bonchev–Trinajstić information content (AvgIpc) is 2.45. The third kappa shape index (κ3) is 3.43. The quantitative estimate of drug-likeness (QED) is 0.733. The predicted octanol–water partition coefficient (Wildman–Crippen LogP) is 2.86. The van der Waals surface area contributed by atoms with Crippen LogP contribution in [0.2, 0.25) is 0 Å². The molecule has 5 nitrogen and oxygen atoms in total. The number of alkyl halides is 3. The second-order valence-electron chi connectivity index (χ2n) is 7.11. The van der Waals surface area contributed by atoms with E-state index >= 15 is 0 Å². The Morgan fingerprint density at radius 1 is 1.16 bits per heavy atom. The van der Waals surface area contributed by atoms with E-state index < -0.39 is 35.2 Å². The van der Waals surface area contributed by atoms with E-state index in [0.29, 0.717) is 0 Å². The highest BCUT2D eigenvalue weighted by Crippen LogP contribution is 2.67. The fourth-order valence-electron chi connectivity index (χ4n) is 3.86. The fourth-order valence-corrected chi connectivity index (χ4v) is 3.86. The zero-order valence-electron chi connectivity index (χ0n) is 13.4. The molecule has 0 aliphatic heterocycles. The zero-order valence-corrected chi connectivity index (χ0v) is 13.4. The van der Waals surface area contributed by atoms with Gasteiger partial charge in [-0.05, 0) is 37.7 Å². The summed E-state index contributed by atoms with van der Waals surface area (Å²) in [7, 11) is 0. The van der Waals surface area contributed by atoms with Crippen molar-refractivity contribution in [2.45, 2.75) is 49.9 Å². The van der Waals surface area contributed by atoms with Crippen LogP contribution in [0.15, 0.2) is 30.3 Å². The van der Waals surface area contributed by atoms with Crippen molar-refractivity contribution in [3.05, 3.63) is 35.9 Å². The van der Waals surface area contributed by atoms with Gasteiger partial charge in [0.1, 0.15) is 6.04 Å². The van der Waals surface area contributed by atoms with Crippen LogP contribution in [0.5, 0.6) is 0 Å². The molecule has 3 saturated carbocycles. The van der Waals surface area contributed by atoms with E-state index in [-0.39, 0.29) is 32.1 Å². The summed E-state index contributed by atoms with van der Waals surface area (Å²) >= 11 is 0. The molecule has 3 N–H and O–H groups in total. The van der Waals surface area contributed by atoms with Gasteiger partial charge in [-0.2, -0.15) is 13.2 Å². The van der Waals surface area contributed by atoms with Crippen LogP contribution in [0.25, 0.3) is 0 Å². The summed E-state index contributed by atoms with van der Waals surface area (Å²) in [4.78, 5) is 23.0. The number of aliphatic carboxylic acids is 1. The van der Waals surface area contributed by atoms with E-state index in [1.54, 1.807) is 30.3 Å². The van der Waals surface area contributed by atoms with E-state index in [0.717, 1.165) is 5.56 Å². The highest BCUT2D eigenvalue weighted by Gasteiger charge is 2.72. The Balaban J connectivity index is 1.52. The third-order valence-electron chi connectivity index (χ3n) is 5.13. The van der Waals surface area contributed by atoms with Gasteiger partial charge in [0.15, 0.2) is 0 Å². The van der Waals surface area contributed by atoms with Crippen molar-refractivity contribution >= 4 is 12.0 Å². The summed E-state index contributed by atoms with van der Waals surface area (Å²) in [5, 5.41) is 13.6. The molecule has 3 aliphatic rings. The number of amides is 2. The van der Waals surface area contributed by atoms with E-state index in [4.69, 9.17) is 5.11 Å². The molecule has 3 fully saturated rings. The van der Waals surface area contributed by atoms with Crippen molar-refractivity contribution in [1.29, 1.82) is 0 Å². The molecule has 0 spiro atoms. The molecule has 0 saturated heterocycles. The first-order valence-electron chi connectivity index (χ1n) is 8.07. The predicted molar refractivity (Wildman–Crippen MR) is 82.9 cm³/mol. The molecular weight excluding hydrogens is 337 g/mol. The van der Waals surface area contributed by atoms with Gasteiger partial charge in [0.05, 0.1) is 5.41 Å². The number of carbonyl (C=O) groups is 2. The zero-order chi connectivity index (χ0) is 18.3. The highest BCUT2D eigenvalue weighted by atomic mass is 19.4. The van der Waals surface area contributed by atoms with Crippen LogP contribution in [0.1, 0.15) is 31.2 Å². The lowest BCUT2D eigenvalue weighted by atomic mass is 9.39. The number of nitrogens with one attached hydrogen (secondary N) is 2. The van der Waals surface area contributed by atoms with Gasteiger partial charge in [0, 0.05) is 5.54 Å². The summed E-state index contributed by atoms with van der Waals surface area (Å²) in [6.07, 6.45) is -3.77. The largest absolute Gasteiger partial charge is 0.481 e. The second-order valence-corrected chi connectivity index (χ2v) is 7.11. The Hall–Kier alpha value is -2.25. The van der Waals surface area contributed by atoms with Gasteiger partial charge in [0.2, 0.25) is 0 Å². The van der Waals surface area contributed by atoms with Gasteiger partial charge in [0.25, 0.3) is 0 Å². The van der Waals surface area contributed by atoms with Crippen molar-refractivity contribution in [2.75, 3.05) is 0 Å². The molecule has 1 unspecified atom stereocenters. The van der Waals surface area contributed by atoms with Gasteiger partial charge >= 0.3 is 18.2 Å². The number of rotatable bonds is 6.